The highest BCUT2D eigenvalue weighted by molar-refractivity contribution is 6.31. The number of halogens is 1. The van der Waals surface area contributed by atoms with Crippen LogP contribution in [0, 0.1) is 5.92 Å². The van der Waals surface area contributed by atoms with Crippen molar-refractivity contribution in [2.45, 2.75) is 31.1 Å². The molecule has 6 nitrogen and oxygen atoms in total. The molecule has 1 aromatic carbocycles. The molecule has 7 heteroatoms. The summed E-state index contributed by atoms with van der Waals surface area (Å²) in [5.74, 6) is 0.757. The molecule has 1 N–H and O–H groups in total. The van der Waals surface area contributed by atoms with E-state index in [0.717, 1.165) is 69.5 Å². The molecule has 0 bridgehead atoms. The van der Waals surface area contributed by atoms with Crippen LogP contribution in [0.2, 0.25) is 5.02 Å². The van der Waals surface area contributed by atoms with Gasteiger partial charge in [0.1, 0.15) is 0 Å². The second-order valence-corrected chi connectivity index (χ2v) is 7.96. The van der Waals surface area contributed by atoms with Crippen LogP contribution in [0.4, 0.5) is 0 Å². The standard InChI is InChI=1S/C21H30ClN3O3/c1-23-20(25-11-7-16(8-12-25)19(26)27-2)24-15-21(9-13-28-14-10-21)17-5-3-4-6-18(17)22/h3-6,16H,7-15H2,1-2H3,(H,23,24). The normalized spacial score (nSPS) is 20.7. The molecule has 0 aliphatic carbocycles. The highest BCUT2D eigenvalue weighted by atomic mass is 35.5. The average molecular weight is 408 g/mol. The molecule has 2 fully saturated rings. The van der Waals surface area contributed by atoms with E-state index in [0.29, 0.717) is 0 Å². The number of likely N-dealkylation sites (tertiary alicyclic amines) is 1. The molecule has 2 heterocycles. The number of carbonyl (C=O) groups excluding carboxylic acids is 1. The molecule has 0 atom stereocenters. The van der Waals surface area contributed by atoms with Crippen molar-refractivity contribution in [3.05, 3.63) is 34.9 Å². The van der Waals surface area contributed by atoms with Gasteiger partial charge in [-0.3, -0.25) is 9.79 Å². The topological polar surface area (TPSA) is 63.2 Å². The lowest BCUT2D eigenvalue weighted by molar-refractivity contribution is -0.146. The molecule has 0 aromatic heterocycles. The number of esters is 1. The van der Waals surface area contributed by atoms with E-state index in [9.17, 15) is 4.79 Å². The minimum Gasteiger partial charge on any atom is -0.469 e. The van der Waals surface area contributed by atoms with E-state index in [1.54, 1.807) is 7.05 Å². The van der Waals surface area contributed by atoms with Crippen molar-refractivity contribution in [2.24, 2.45) is 10.9 Å². The Morgan fingerprint density at radius 3 is 2.61 bits per heavy atom. The summed E-state index contributed by atoms with van der Waals surface area (Å²) in [6.45, 7) is 3.80. The van der Waals surface area contributed by atoms with Crippen LogP contribution in [-0.2, 0) is 19.7 Å². The van der Waals surface area contributed by atoms with E-state index in [1.807, 2.05) is 18.2 Å². The number of ether oxygens (including phenoxy) is 2. The van der Waals surface area contributed by atoms with Crippen molar-refractivity contribution in [3.63, 3.8) is 0 Å². The van der Waals surface area contributed by atoms with Crippen LogP contribution in [0.3, 0.4) is 0 Å². The second kappa shape index (κ2) is 9.61. The molecule has 28 heavy (non-hydrogen) atoms. The maximum atomic E-state index is 11.8. The lowest BCUT2D eigenvalue weighted by atomic mass is 9.74. The van der Waals surface area contributed by atoms with Crippen molar-refractivity contribution >= 4 is 23.5 Å². The molecule has 1 aromatic rings. The van der Waals surface area contributed by atoms with Crippen molar-refractivity contribution < 1.29 is 14.3 Å². The third kappa shape index (κ3) is 4.61. The number of nitrogens with one attached hydrogen (secondary N) is 1. The largest absolute Gasteiger partial charge is 0.469 e. The van der Waals surface area contributed by atoms with Crippen molar-refractivity contribution in [1.29, 1.82) is 0 Å². The third-order valence-electron chi connectivity index (χ3n) is 6.02. The van der Waals surface area contributed by atoms with Gasteiger partial charge in [0.05, 0.1) is 13.0 Å². The zero-order chi connectivity index (χ0) is 20.0. The lowest BCUT2D eigenvalue weighted by Gasteiger charge is -2.40. The first kappa shape index (κ1) is 20.9. The van der Waals surface area contributed by atoms with E-state index < -0.39 is 0 Å². The van der Waals surface area contributed by atoms with E-state index in [2.05, 4.69) is 21.3 Å². The number of hydrogen-bond acceptors (Lipinski definition) is 4. The Morgan fingerprint density at radius 2 is 2.00 bits per heavy atom. The SMILES string of the molecule is CN=C(NCC1(c2ccccc2Cl)CCOCC1)N1CCC(C(=O)OC)CC1. The second-order valence-electron chi connectivity index (χ2n) is 7.56. The summed E-state index contributed by atoms with van der Waals surface area (Å²) in [5.41, 5.74) is 1.10. The van der Waals surface area contributed by atoms with Crippen LogP contribution in [0.5, 0.6) is 0 Å². The Hall–Kier alpha value is -1.79. The van der Waals surface area contributed by atoms with Gasteiger partial charge in [-0.2, -0.15) is 0 Å². The number of carbonyl (C=O) groups is 1. The van der Waals surface area contributed by atoms with Crippen LogP contribution < -0.4 is 5.32 Å². The predicted octanol–water partition coefficient (Wildman–Crippen LogP) is 2.85. The van der Waals surface area contributed by atoms with Gasteiger partial charge in [0.25, 0.3) is 0 Å². The Balaban J connectivity index is 1.67. The fourth-order valence-corrected chi connectivity index (χ4v) is 4.61. The zero-order valence-corrected chi connectivity index (χ0v) is 17.5. The van der Waals surface area contributed by atoms with Gasteiger partial charge in [-0.1, -0.05) is 29.8 Å². The minimum absolute atomic E-state index is 0.00989. The Kier molecular flexibility index (Phi) is 7.18. The Morgan fingerprint density at radius 1 is 1.32 bits per heavy atom. The first-order chi connectivity index (χ1) is 13.6. The molecule has 0 amide bonds. The third-order valence-corrected chi connectivity index (χ3v) is 6.35. The van der Waals surface area contributed by atoms with Gasteiger partial charge in [-0.25, -0.2) is 0 Å². The number of aliphatic imine (C=N–C) groups is 1. The van der Waals surface area contributed by atoms with Gasteiger partial charge in [0.2, 0.25) is 0 Å². The summed E-state index contributed by atoms with van der Waals surface area (Å²) in [7, 11) is 3.26. The summed E-state index contributed by atoms with van der Waals surface area (Å²) in [6.07, 6.45) is 3.42. The number of rotatable bonds is 4. The minimum atomic E-state index is -0.109. The van der Waals surface area contributed by atoms with Gasteiger partial charge in [0.15, 0.2) is 5.96 Å². The van der Waals surface area contributed by atoms with Crippen LogP contribution in [0.25, 0.3) is 0 Å². The molecular weight excluding hydrogens is 378 g/mol. The van der Waals surface area contributed by atoms with Crippen molar-refractivity contribution in [3.8, 4) is 0 Å². The molecule has 0 saturated carbocycles. The van der Waals surface area contributed by atoms with Gasteiger partial charge in [-0.15, -0.1) is 0 Å². The summed E-state index contributed by atoms with van der Waals surface area (Å²) < 4.78 is 10.5. The van der Waals surface area contributed by atoms with E-state index in [-0.39, 0.29) is 17.3 Å². The molecular formula is C21H30ClN3O3. The van der Waals surface area contributed by atoms with Crippen LogP contribution in [0.15, 0.2) is 29.3 Å². The van der Waals surface area contributed by atoms with Crippen LogP contribution >= 0.6 is 11.6 Å². The molecule has 3 rings (SSSR count). The fraction of sp³-hybridized carbons (Fsp3) is 0.619. The quantitative estimate of drug-likeness (QED) is 0.472. The molecule has 0 spiro atoms. The smallest absolute Gasteiger partial charge is 0.308 e. The van der Waals surface area contributed by atoms with E-state index in [1.165, 1.54) is 12.7 Å². The zero-order valence-electron chi connectivity index (χ0n) is 16.7. The highest BCUT2D eigenvalue weighted by Crippen LogP contribution is 2.38. The number of piperidine rings is 1. The van der Waals surface area contributed by atoms with Crippen molar-refractivity contribution in [1.82, 2.24) is 10.2 Å². The lowest BCUT2D eigenvalue weighted by Crippen LogP contribution is -2.51. The fourth-order valence-electron chi connectivity index (χ4n) is 4.27. The first-order valence-electron chi connectivity index (χ1n) is 9.96. The summed E-state index contributed by atoms with van der Waals surface area (Å²) >= 11 is 6.55. The predicted molar refractivity (Wildman–Crippen MR) is 111 cm³/mol. The molecule has 2 aliphatic heterocycles. The highest BCUT2D eigenvalue weighted by Gasteiger charge is 2.37. The molecule has 0 unspecified atom stereocenters. The number of methoxy groups -OCH3 is 1. The van der Waals surface area contributed by atoms with Gasteiger partial charge < -0.3 is 19.7 Å². The maximum absolute atomic E-state index is 11.8. The van der Waals surface area contributed by atoms with E-state index >= 15 is 0 Å². The number of nitrogens with zero attached hydrogens (tertiary/aromatic N) is 2. The monoisotopic (exact) mass is 407 g/mol. The number of guanidine groups is 1. The van der Waals surface area contributed by atoms with Crippen LogP contribution in [-0.4, -0.2) is 63.8 Å². The first-order valence-corrected chi connectivity index (χ1v) is 10.3. The number of hydrogen-bond donors (Lipinski definition) is 1. The molecule has 0 radical (unpaired) electrons. The van der Waals surface area contributed by atoms with Crippen molar-refractivity contribution in [2.75, 3.05) is 47.0 Å². The van der Waals surface area contributed by atoms with Gasteiger partial charge in [0, 0.05) is 50.3 Å². The Bertz CT molecular complexity index is 696. The molecule has 154 valence electrons. The maximum Gasteiger partial charge on any atom is 0.308 e. The van der Waals surface area contributed by atoms with Crippen LogP contribution in [0.1, 0.15) is 31.2 Å². The van der Waals surface area contributed by atoms with Gasteiger partial charge >= 0.3 is 5.97 Å². The summed E-state index contributed by atoms with van der Waals surface area (Å²) in [5, 5.41) is 4.38. The summed E-state index contributed by atoms with van der Waals surface area (Å²) in [4.78, 5) is 18.5. The Labute approximate surface area is 172 Å². The van der Waals surface area contributed by atoms with E-state index in [4.69, 9.17) is 21.1 Å². The molecule has 2 aliphatic rings. The number of benzene rings is 1. The summed E-state index contributed by atoms with van der Waals surface area (Å²) in [6, 6.07) is 8.10. The average Bonchev–Trinajstić information content (AvgIpc) is 2.75. The molecule has 2 saturated heterocycles. The van der Waals surface area contributed by atoms with Gasteiger partial charge in [-0.05, 0) is 37.3 Å².